The van der Waals surface area contributed by atoms with Crippen LogP contribution in [-0.4, -0.2) is 5.78 Å². The number of ketones is 1. The molecule has 21 heavy (non-hydrogen) atoms. The van der Waals surface area contributed by atoms with Crippen LogP contribution >= 0.6 is 11.3 Å². The summed E-state index contributed by atoms with van der Waals surface area (Å²) in [4.78, 5) is 13.1. The van der Waals surface area contributed by atoms with E-state index in [2.05, 4.69) is 0 Å². The van der Waals surface area contributed by atoms with Gasteiger partial charge in [-0.2, -0.15) is 0 Å². The maximum Gasteiger partial charge on any atom is 0.168 e. The van der Waals surface area contributed by atoms with Gasteiger partial charge in [0, 0.05) is 22.4 Å². The second-order valence-corrected chi connectivity index (χ2v) is 5.77. The van der Waals surface area contributed by atoms with Crippen molar-refractivity contribution in [2.75, 3.05) is 0 Å². The summed E-state index contributed by atoms with van der Waals surface area (Å²) in [5.74, 6) is -0.422. The lowest BCUT2D eigenvalue weighted by Crippen LogP contribution is -2.03. The van der Waals surface area contributed by atoms with Crippen LogP contribution in [0.3, 0.4) is 0 Å². The van der Waals surface area contributed by atoms with Crippen LogP contribution < -0.4 is 0 Å². The lowest BCUT2D eigenvalue weighted by molar-refractivity contribution is 0.0993. The van der Waals surface area contributed by atoms with E-state index in [4.69, 9.17) is 0 Å². The van der Waals surface area contributed by atoms with Crippen molar-refractivity contribution in [1.82, 2.24) is 0 Å². The zero-order valence-electron chi connectivity index (χ0n) is 11.3. The van der Waals surface area contributed by atoms with Crippen LogP contribution in [0.5, 0.6) is 0 Å². The van der Waals surface area contributed by atoms with Gasteiger partial charge in [0.25, 0.3) is 0 Å². The first-order valence-corrected chi connectivity index (χ1v) is 7.52. The van der Waals surface area contributed by atoms with Gasteiger partial charge in [0.2, 0.25) is 0 Å². The summed E-state index contributed by atoms with van der Waals surface area (Å²) in [5.41, 5.74) is 1.75. The summed E-state index contributed by atoms with van der Waals surface area (Å²) in [6.07, 6.45) is 0.321. The van der Waals surface area contributed by atoms with Gasteiger partial charge in [-0.1, -0.05) is 48.5 Å². The molecule has 0 saturated heterocycles. The van der Waals surface area contributed by atoms with Crippen molar-refractivity contribution in [2.24, 2.45) is 0 Å². The quantitative estimate of drug-likeness (QED) is 0.621. The third-order valence-corrected chi connectivity index (χ3v) is 4.17. The number of rotatable bonds is 4. The number of Topliss-reactive ketones (excluding diaryl/α,β-unsaturated/α-hetero) is 1. The van der Waals surface area contributed by atoms with E-state index in [1.165, 1.54) is 17.4 Å². The highest BCUT2D eigenvalue weighted by Crippen LogP contribution is 2.24. The minimum absolute atomic E-state index is 0.0593. The third-order valence-electron chi connectivity index (χ3n) is 3.29. The van der Waals surface area contributed by atoms with E-state index in [1.54, 1.807) is 12.1 Å². The third kappa shape index (κ3) is 3.09. The van der Waals surface area contributed by atoms with Gasteiger partial charge in [0.15, 0.2) is 5.78 Å². The molecule has 3 aromatic rings. The van der Waals surface area contributed by atoms with Crippen LogP contribution in [0.2, 0.25) is 0 Å². The number of hydrogen-bond donors (Lipinski definition) is 0. The van der Waals surface area contributed by atoms with Crippen molar-refractivity contribution in [2.45, 2.75) is 6.42 Å². The lowest BCUT2D eigenvalue weighted by Gasteiger charge is -2.06. The SMILES string of the molecule is O=C(Cc1cccs1)c1ccc(-c2ccccc2)c(F)c1. The van der Waals surface area contributed by atoms with E-state index < -0.39 is 0 Å². The molecular weight excluding hydrogens is 283 g/mol. The standard InChI is InChI=1S/C18H13FOS/c19-17-11-14(18(20)12-15-7-4-10-21-15)8-9-16(17)13-5-2-1-3-6-13/h1-11H,12H2. The second-order valence-electron chi connectivity index (χ2n) is 4.74. The molecule has 1 nitrogen and oxygen atoms in total. The summed E-state index contributed by atoms with van der Waals surface area (Å²) in [6, 6.07) is 17.8. The van der Waals surface area contributed by atoms with E-state index in [1.807, 2.05) is 47.8 Å². The Labute approximate surface area is 126 Å². The molecule has 0 bridgehead atoms. The highest BCUT2D eigenvalue weighted by Gasteiger charge is 2.12. The predicted molar refractivity (Wildman–Crippen MR) is 84.2 cm³/mol. The Morgan fingerprint density at radius 3 is 2.48 bits per heavy atom. The predicted octanol–water partition coefficient (Wildman–Crippen LogP) is 4.98. The minimum Gasteiger partial charge on any atom is -0.294 e. The van der Waals surface area contributed by atoms with E-state index >= 15 is 0 Å². The van der Waals surface area contributed by atoms with Crippen LogP contribution in [0.15, 0.2) is 66.0 Å². The van der Waals surface area contributed by atoms with Crippen molar-refractivity contribution in [1.29, 1.82) is 0 Å². The Kier molecular flexibility index (Phi) is 3.93. The molecule has 0 unspecified atom stereocenters. The number of halogens is 1. The highest BCUT2D eigenvalue weighted by molar-refractivity contribution is 7.10. The fourth-order valence-electron chi connectivity index (χ4n) is 2.21. The van der Waals surface area contributed by atoms with Crippen LogP contribution in [0.4, 0.5) is 4.39 Å². The largest absolute Gasteiger partial charge is 0.294 e. The number of hydrogen-bond acceptors (Lipinski definition) is 2. The molecule has 0 spiro atoms. The van der Waals surface area contributed by atoms with Gasteiger partial charge < -0.3 is 0 Å². The molecule has 0 aliphatic heterocycles. The Morgan fingerprint density at radius 2 is 1.81 bits per heavy atom. The molecule has 3 rings (SSSR count). The number of carbonyl (C=O) groups excluding carboxylic acids is 1. The first-order valence-electron chi connectivity index (χ1n) is 6.64. The first-order chi connectivity index (χ1) is 10.2. The van der Waals surface area contributed by atoms with Gasteiger partial charge in [-0.3, -0.25) is 4.79 Å². The van der Waals surface area contributed by atoms with E-state index in [0.29, 0.717) is 17.5 Å². The van der Waals surface area contributed by atoms with Crippen molar-refractivity contribution >= 4 is 17.1 Å². The molecule has 1 heterocycles. The molecule has 3 heteroatoms. The Hall–Kier alpha value is -2.26. The molecule has 0 saturated carbocycles. The smallest absolute Gasteiger partial charge is 0.168 e. The van der Waals surface area contributed by atoms with Crippen molar-refractivity contribution in [3.05, 3.63) is 82.3 Å². The van der Waals surface area contributed by atoms with Crippen molar-refractivity contribution < 1.29 is 9.18 Å². The first kappa shape index (κ1) is 13.7. The van der Waals surface area contributed by atoms with Gasteiger partial charge in [0.1, 0.15) is 5.82 Å². The summed E-state index contributed by atoms with van der Waals surface area (Å²) in [6.45, 7) is 0. The molecule has 0 radical (unpaired) electrons. The molecule has 0 atom stereocenters. The zero-order chi connectivity index (χ0) is 14.7. The maximum absolute atomic E-state index is 14.2. The Morgan fingerprint density at radius 1 is 1.00 bits per heavy atom. The van der Waals surface area contributed by atoms with E-state index in [9.17, 15) is 9.18 Å². The van der Waals surface area contributed by atoms with Gasteiger partial charge in [-0.25, -0.2) is 4.39 Å². The summed E-state index contributed by atoms with van der Waals surface area (Å²) < 4.78 is 14.2. The van der Waals surface area contributed by atoms with Gasteiger partial charge in [0.05, 0.1) is 0 Å². The number of benzene rings is 2. The molecule has 0 aliphatic rings. The summed E-state index contributed by atoms with van der Waals surface area (Å²) >= 11 is 1.54. The molecular formula is C18H13FOS. The maximum atomic E-state index is 14.2. The van der Waals surface area contributed by atoms with Crippen LogP contribution in [0.25, 0.3) is 11.1 Å². The lowest BCUT2D eigenvalue weighted by atomic mass is 10.0. The average molecular weight is 296 g/mol. The molecule has 104 valence electrons. The van der Waals surface area contributed by atoms with Crippen LogP contribution in [-0.2, 0) is 6.42 Å². The molecule has 0 amide bonds. The molecule has 1 aromatic heterocycles. The molecule has 0 aliphatic carbocycles. The van der Waals surface area contributed by atoms with E-state index in [0.717, 1.165) is 10.4 Å². The van der Waals surface area contributed by atoms with Gasteiger partial charge in [-0.15, -0.1) is 11.3 Å². The second kappa shape index (κ2) is 6.02. The van der Waals surface area contributed by atoms with Crippen LogP contribution in [0.1, 0.15) is 15.2 Å². The van der Waals surface area contributed by atoms with Gasteiger partial charge in [-0.05, 0) is 23.1 Å². The van der Waals surface area contributed by atoms with Crippen LogP contribution in [0, 0.1) is 5.82 Å². The minimum atomic E-state index is -0.363. The number of carbonyl (C=O) groups is 1. The Balaban J connectivity index is 1.86. The highest BCUT2D eigenvalue weighted by atomic mass is 32.1. The average Bonchev–Trinajstić information content (AvgIpc) is 3.01. The monoisotopic (exact) mass is 296 g/mol. The fourth-order valence-corrected chi connectivity index (χ4v) is 2.92. The molecule has 0 fully saturated rings. The van der Waals surface area contributed by atoms with Crippen molar-refractivity contribution in [3.63, 3.8) is 0 Å². The topological polar surface area (TPSA) is 17.1 Å². The normalized spacial score (nSPS) is 10.5. The Bertz CT molecular complexity index is 748. The number of thiophene rings is 1. The van der Waals surface area contributed by atoms with Crippen molar-refractivity contribution in [3.8, 4) is 11.1 Å². The fraction of sp³-hybridized carbons (Fsp3) is 0.0556. The molecule has 2 aromatic carbocycles. The summed E-state index contributed by atoms with van der Waals surface area (Å²) in [7, 11) is 0. The molecule has 0 N–H and O–H groups in total. The zero-order valence-corrected chi connectivity index (χ0v) is 12.1. The van der Waals surface area contributed by atoms with E-state index in [-0.39, 0.29) is 11.6 Å². The van der Waals surface area contributed by atoms with Gasteiger partial charge >= 0.3 is 0 Å². The summed E-state index contributed by atoms with van der Waals surface area (Å²) in [5, 5.41) is 1.93.